The van der Waals surface area contributed by atoms with E-state index in [2.05, 4.69) is 29.4 Å². The molecule has 0 bridgehead atoms. The van der Waals surface area contributed by atoms with Gasteiger partial charge in [0.2, 0.25) is 0 Å². The monoisotopic (exact) mass is 298 g/mol. The molecule has 1 atom stereocenters. The van der Waals surface area contributed by atoms with Crippen LogP contribution in [0.15, 0.2) is 24.3 Å². The van der Waals surface area contributed by atoms with Crippen molar-refractivity contribution in [3.63, 3.8) is 0 Å². The molecule has 4 nitrogen and oxygen atoms in total. The standard InChI is InChI=1S/C18H22N2O2/c1-4-5-10-18(17(21)22-3)11-14-13-8-6-7-9-15(13)19-16(14)12(2)20-18/h6-9,11,19-20H,4-5,10H2,1-3H3. The van der Waals surface area contributed by atoms with Gasteiger partial charge < -0.3 is 15.0 Å². The van der Waals surface area contributed by atoms with Gasteiger partial charge in [-0.25, -0.2) is 4.79 Å². The Morgan fingerprint density at radius 2 is 2.09 bits per heavy atom. The number of rotatable bonds is 4. The summed E-state index contributed by atoms with van der Waals surface area (Å²) in [6, 6.07) is 8.17. The van der Waals surface area contributed by atoms with Gasteiger partial charge in [-0.05, 0) is 25.5 Å². The number of esters is 1. The molecule has 1 aromatic carbocycles. The average molecular weight is 298 g/mol. The molecule has 0 spiro atoms. The number of para-hydroxylation sites is 1. The van der Waals surface area contributed by atoms with Crippen LogP contribution in [0.25, 0.3) is 22.7 Å². The van der Waals surface area contributed by atoms with Gasteiger partial charge in [0.05, 0.1) is 12.5 Å². The Balaban J connectivity index is 2.27. The largest absolute Gasteiger partial charge is 0.467 e. The SMILES string of the molecule is CCCCC1(C(=O)OC)C=c2c([nH]c3ccccc23)=C(C)N1. The van der Waals surface area contributed by atoms with Gasteiger partial charge in [0.15, 0.2) is 5.54 Å². The lowest BCUT2D eigenvalue weighted by Gasteiger charge is -2.32. The molecule has 116 valence electrons. The molecule has 1 aromatic heterocycles. The van der Waals surface area contributed by atoms with Gasteiger partial charge in [0.1, 0.15) is 0 Å². The van der Waals surface area contributed by atoms with Crippen LogP contribution in [0.1, 0.15) is 33.1 Å². The summed E-state index contributed by atoms with van der Waals surface area (Å²) in [5.74, 6) is -0.226. The molecular formula is C18H22N2O2. The molecule has 3 rings (SSSR count). The highest BCUT2D eigenvalue weighted by atomic mass is 16.5. The zero-order valence-corrected chi connectivity index (χ0v) is 13.3. The predicted octanol–water partition coefficient (Wildman–Crippen LogP) is 1.78. The fourth-order valence-corrected chi connectivity index (χ4v) is 3.27. The Morgan fingerprint density at radius 3 is 2.82 bits per heavy atom. The molecule has 0 aliphatic carbocycles. The van der Waals surface area contributed by atoms with Crippen LogP contribution in [-0.4, -0.2) is 23.6 Å². The van der Waals surface area contributed by atoms with E-state index in [0.29, 0.717) is 0 Å². The number of hydrogen-bond donors (Lipinski definition) is 2. The highest BCUT2D eigenvalue weighted by molar-refractivity contribution is 5.93. The number of benzene rings is 1. The molecule has 1 aliphatic rings. The minimum atomic E-state index is -0.771. The number of methoxy groups -OCH3 is 1. The second-order valence-electron chi connectivity index (χ2n) is 5.92. The lowest BCUT2D eigenvalue weighted by molar-refractivity contribution is -0.145. The third-order valence-corrected chi connectivity index (χ3v) is 4.40. The van der Waals surface area contributed by atoms with Gasteiger partial charge in [0, 0.05) is 21.8 Å². The van der Waals surface area contributed by atoms with E-state index >= 15 is 0 Å². The minimum Gasteiger partial charge on any atom is -0.467 e. The third kappa shape index (κ3) is 2.19. The Bertz CT molecular complexity index is 834. The van der Waals surface area contributed by atoms with Gasteiger partial charge in [-0.1, -0.05) is 38.0 Å². The van der Waals surface area contributed by atoms with Crippen LogP contribution in [0, 0.1) is 0 Å². The zero-order chi connectivity index (χ0) is 15.7. The van der Waals surface area contributed by atoms with E-state index in [9.17, 15) is 4.79 Å². The first kappa shape index (κ1) is 14.7. The highest BCUT2D eigenvalue weighted by Gasteiger charge is 2.38. The van der Waals surface area contributed by atoms with Crippen molar-refractivity contribution in [3.05, 3.63) is 34.8 Å². The molecule has 2 heterocycles. The maximum atomic E-state index is 12.5. The second kappa shape index (κ2) is 5.52. The maximum Gasteiger partial charge on any atom is 0.335 e. The number of carbonyl (C=O) groups is 1. The first-order valence-electron chi connectivity index (χ1n) is 7.78. The van der Waals surface area contributed by atoms with Crippen LogP contribution in [0.5, 0.6) is 0 Å². The Labute approximate surface area is 129 Å². The van der Waals surface area contributed by atoms with Crippen LogP contribution >= 0.6 is 0 Å². The second-order valence-corrected chi connectivity index (χ2v) is 5.92. The van der Waals surface area contributed by atoms with Crippen LogP contribution in [0.4, 0.5) is 0 Å². The molecular weight excluding hydrogens is 276 g/mol. The average Bonchev–Trinajstić information content (AvgIpc) is 2.91. The zero-order valence-electron chi connectivity index (χ0n) is 13.3. The summed E-state index contributed by atoms with van der Waals surface area (Å²) in [6.45, 7) is 4.13. The van der Waals surface area contributed by atoms with Gasteiger partial charge in [-0.15, -0.1) is 0 Å². The fourth-order valence-electron chi connectivity index (χ4n) is 3.27. The van der Waals surface area contributed by atoms with E-state index < -0.39 is 5.54 Å². The lowest BCUT2D eigenvalue weighted by Crippen LogP contribution is -2.56. The van der Waals surface area contributed by atoms with Crippen molar-refractivity contribution in [3.8, 4) is 0 Å². The van der Waals surface area contributed by atoms with Crippen molar-refractivity contribution in [2.45, 2.75) is 38.6 Å². The van der Waals surface area contributed by atoms with Crippen LogP contribution < -0.4 is 15.9 Å². The number of fused-ring (bicyclic) bond motifs is 3. The molecule has 2 N–H and O–H groups in total. The van der Waals surface area contributed by atoms with E-state index in [1.165, 1.54) is 7.11 Å². The Hall–Kier alpha value is -2.23. The van der Waals surface area contributed by atoms with E-state index in [0.717, 1.165) is 46.4 Å². The van der Waals surface area contributed by atoms with Crippen molar-refractivity contribution >= 4 is 28.6 Å². The minimum absolute atomic E-state index is 0.226. The predicted molar refractivity (Wildman–Crippen MR) is 88.5 cm³/mol. The number of H-pyrrole nitrogens is 1. The number of unbranched alkanes of at least 4 members (excludes halogenated alkanes) is 1. The van der Waals surface area contributed by atoms with Gasteiger partial charge in [0.25, 0.3) is 0 Å². The van der Waals surface area contributed by atoms with E-state index in [-0.39, 0.29) is 5.97 Å². The third-order valence-electron chi connectivity index (χ3n) is 4.40. The number of carbonyl (C=O) groups excluding carboxylic acids is 1. The Kier molecular flexibility index (Phi) is 3.69. The smallest absolute Gasteiger partial charge is 0.335 e. The first-order chi connectivity index (χ1) is 10.6. The topological polar surface area (TPSA) is 54.1 Å². The molecule has 22 heavy (non-hydrogen) atoms. The summed E-state index contributed by atoms with van der Waals surface area (Å²) >= 11 is 0. The number of ether oxygens (including phenoxy) is 1. The van der Waals surface area contributed by atoms with Gasteiger partial charge >= 0.3 is 5.97 Å². The van der Waals surface area contributed by atoms with Gasteiger partial charge in [-0.2, -0.15) is 0 Å². The van der Waals surface area contributed by atoms with Crippen LogP contribution in [0.3, 0.4) is 0 Å². The van der Waals surface area contributed by atoms with Crippen molar-refractivity contribution in [1.29, 1.82) is 0 Å². The molecule has 0 amide bonds. The summed E-state index contributed by atoms with van der Waals surface area (Å²) in [6.07, 6.45) is 4.76. The molecule has 2 aromatic rings. The molecule has 0 fully saturated rings. The van der Waals surface area contributed by atoms with E-state index in [1.807, 2.05) is 25.1 Å². The molecule has 0 saturated heterocycles. The first-order valence-corrected chi connectivity index (χ1v) is 7.78. The molecule has 4 heteroatoms. The normalized spacial score (nSPS) is 20.2. The van der Waals surface area contributed by atoms with Crippen molar-refractivity contribution in [2.24, 2.45) is 0 Å². The van der Waals surface area contributed by atoms with E-state index in [1.54, 1.807) is 0 Å². The maximum absolute atomic E-state index is 12.5. The number of nitrogens with one attached hydrogen (secondary N) is 2. The van der Waals surface area contributed by atoms with E-state index in [4.69, 9.17) is 4.74 Å². The molecule has 1 unspecified atom stereocenters. The van der Waals surface area contributed by atoms with Crippen molar-refractivity contribution in [1.82, 2.24) is 10.3 Å². The quantitative estimate of drug-likeness (QED) is 0.846. The molecule has 0 saturated carbocycles. The lowest BCUT2D eigenvalue weighted by atomic mass is 9.88. The molecule has 0 radical (unpaired) electrons. The van der Waals surface area contributed by atoms with Crippen LogP contribution in [0.2, 0.25) is 0 Å². The van der Waals surface area contributed by atoms with Crippen molar-refractivity contribution in [2.75, 3.05) is 7.11 Å². The number of aromatic nitrogens is 1. The number of aromatic amines is 1. The summed E-state index contributed by atoms with van der Waals surface area (Å²) in [7, 11) is 1.45. The summed E-state index contributed by atoms with van der Waals surface area (Å²) in [4.78, 5) is 15.9. The highest BCUT2D eigenvalue weighted by Crippen LogP contribution is 2.22. The summed E-state index contributed by atoms with van der Waals surface area (Å²) < 4.78 is 5.09. The summed E-state index contributed by atoms with van der Waals surface area (Å²) in [5, 5.41) is 6.67. The Morgan fingerprint density at radius 1 is 1.32 bits per heavy atom. The van der Waals surface area contributed by atoms with Crippen molar-refractivity contribution < 1.29 is 9.53 Å². The fraction of sp³-hybridized carbons (Fsp3) is 0.389. The number of hydrogen-bond acceptors (Lipinski definition) is 3. The van der Waals surface area contributed by atoms with Gasteiger partial charge in [-0.3, -0.25) is 0 Å². The van der Waals surface area contributed by atoms with Crippen LogP contribution in [-0.2, 0) is 9.53 Å². The summed E-state index contributed by atoms with van der Waals surface area (Å²) in [5.41, 5.74) is 1.29. The molecule has 1 aliphatic heterocycles.